The van der Waals surface area contributed by atoms with E-state index >= 15 is 0 Å². The number of carbonyl (C=O) groups excluding carboxylic acids is 1. The van der Waals surface area contributed by atoms with Gasteiger partial charge in [-0.2, -0.15) is 0 Å². The number of rotatable bonds is 12. The molecule has 0 bridgehead atoms. The molecule has 0 unspecified atom stereocenters. The monoisotopic (exact) mass is 427 g/mol. The molecule has 0 aliphatic carbocycles. The van der Waals surface area contributed by atoms with E-state index in [0.29, 0.717) is 25.1 Å². The maximum absolute atomic E-state index is 12.8. The van der Waals surface area contributed by atoms with Gasteiger partial charge in [0.1, 0.15) is 6.10 Å². The molecule has 31 heavy (non-hydrogen) atoms. The lowest BCUT2D eigenvalue weighted by molar-refractivity contribution is -0.136. The standard InChI is InChI=1S/C26H37NO4/c1-18(2)30-23-13-12-22(17-25(23)29-6)15-16-27-26(28)24(31-19(3)4)14-11-21-9-7-20(5)8-10-21/h7-10,12-13,17-19,24H,11,14-16H2,1-6H3,(H,27,28)/t24-/m1/s1. The van der Waals surface area contributed by atoms with Gasteiger partial charge in [-0.25, -0.2) is 0 Å². The van der Waals surface area contributed by atoms with Gasteiger partial charge >= 0.3 is 0 Å². The van der Waals surface area contributed by atoms with E-state index in [2.05, 4.69) is 36.5 Å². The van der Waals surface area contributed by atoms with E-state index in [1.54, 1.807) is 7.11 Å². The number of hydrogen-bond donors (Lipinski definition) is 1. The Morgan fingerprint density at radius 1 is 0.903 bits per heavy atom. The second-order valence-electron chi connectivity index (χ2n) is 8.39. The third-order valence-corrected chi connectivity index (χ3v) is 4.85. The van der Waals surface area contributed by atoms with Gasteiger partial charge in [0.15, 0.2) is 11.5 Å². The molecule has 1 atom stereocenters. The summed E-state index contributed by atoms with van der Waals surface area (Å²) in [6, 6.07) is 14.3. The summed E-state index contributed by atoms with van der Waals surface area (Å²) in [5.41, 5.74) is 3.53. The van der Waals surface area contributed by atoms with E-state index in [9.17, 15) is 4.79 Å². The lowest BCUT2D eigenvalue weighted by atomic mass is 10.0. The molecule has 2 aromatic carbocycles. The van der Waals surface area contributed by atoms with Crippen molar-refractivity contribution in [3.8, 4) is 11.5 Å². The summed E-state index contributed by atoms with van der Waals surface area (Å²) in [7, 11) is 1.63. The lowest BCUT2D eigenvalue weighted by Gasteiger charge is -2.20. The minimum atomic E-state index is -0.461. The molecule has 0 spiro atoms. The Bertz CT molecular complexity index is 815. The molecule has 5 nitrogen and oxygen atoms in total. The van der Waals surface area contributed by atoms with E-state index in [1.807, 2.05) is 45.9 Å². The maximum atomic E-state index is 12.8. The molecule has 0 saturated heterocycles. The van der Waals surface area contributed by atoms with Gasteiger partial charge in [0, 0.05) is 6.54 Å². The fourth-order valence-corrected chi connectivity index (χ4v) is 3.30. The summed E-state index contributed by atoms with van der Waals surface area (Å²) >= 11 is 0. The zero-order valence-electron chi connectivity index (χ0n) is 19.7. The average molecular weight is 428 g/mol. The van der Waals surface area contributed by atoms with Crippen molar-refractivity contribution in [2.24, 2.45) is 0 Å². The van der Waals surface area contributed by atoms with Crippen molar-refractivity contribution in [3.63, 3.8) is 0 Å². The third-order valence-electron chi connectivity index (χ3n) is 4.85. The first-order chi connectivity index (χ1) is 14.8. The fraction of sp³-hybridized carbons (Fsp3) is 0.500. The van der Waals surface area contributed by atoms with Gasteiger partial charge < -0.3 is 19.5 Å². The SMILES string of the molecule is COc1cc(CCNC(=O)[C@@H](CCc2ccc(C)cc2)OC(C)C)ccc1OC(C)C. The van der Waals surface area contributed by atoms with E-state index < -0.39 is 6.10 Å². The number of hydrogen-bond acceptors (Lipinski definition) is 4. The van der Waals surface area contributed by atoms with Crippen LogP contribution in [0.1, 0.15) is 50.8 Å². The molecular formula is C26H37NO4. The molecule has 170 valence electrons. The lowest BCUT2D eigenvalue weighted by Crippen LogP contribution is -2.39. The van der Waals surface area contributed by atoms with Crippen LogP contribution in [0.15, 0.2) is 42.5 Å². The number of aryl methyl sites for hydroxylation is 2. The van der Waals surface area contributed by atoms with Crippen molar-refractivity contribution in [2.45, 2.75) is 72.2 Å². The Morgan fingerprint density at radius 2 is 1.58 bits per heavy atom. The number of nitrogens with one attached hydrogen (secondary N) is 1. The highest BCUT2D eigenvalue weighted by Crippen LogP contribution is 2.29. The predicted molar refractivity (Wildman–Crippen MR) is 125 cm³/mol. The van der Waals surface area contributed by atoms with E-state index in [-0.39, 0.29) is 18.1 Å². The van der Waals surface area contributed by atoms with Crippen molar-refractivity contribution in [1.29, 1.82) is 0 Å². The average Bonchev–Trinajstić information content (AvgIpc) is 2.72. The maximum Gasteiger partial charge on any atom is 0.249 e. The van der Waals surface area contributed by atoms with Gasteiger partial charge in [-0.3, -0.25) is 4.79 Å². The molecule has 0 heterocycles. The highest BCUT2D eigenvalue weighted by atomic mass is 16.5. The summed E-state index contributed by atoms with van der Waals surface area (Å²) < 4.78 is 17.1. The van der Waals surface area contributed by atoms with Crippen LogP contribution in [0, 0.1) is 6.92 Å². The van der Waals surface area contributed by atoms with Crippen LogP contribution in [0.2, 0.25) is 0 Å². The van der Waals surface area contributed by atoms with Crippen LogP contribution in [0.5, 0.6) is 11.5 Å². The van der Waals surface area contributed by atoms with Crippen molar-refractivity contribution in [3.05, 3.63) is 59.2 Å². The van der Waals surface area contributed by atoms with Gasteiger partial charge in [0.2, 0.25) is 5.91 Å². The van der Waals surface area contributed by atoms with Crippen molar-refractivity contribution >= 4 is 5.91 Å². The van der Waals surface area contributed by atoms with Crippen LogP contribution in [-0.2, 0) is 22.4 Å². The second kappa shape index (κ2) is 12.4. The zero-order valence-corrected chi connectivity index (χ0v) is 19.7. The van der Waals surface area contributed by atoms with Gasteiger partial charge in [-0.05, 0) is 77.1 Å². The highest BCUT2D eigenvalue weighted by Gasteiger charge is 2.20. The Morgan fingerprint density at radius 3 is 2.19 bits per heavy atom. The molecule has 1 N–H and O–H groups in total. The first kappa shape index (κ1) is 24.7. The summed E-state index contributed by atoms with van der Waals surface area (Å²) in [6.07, 6.45) is 1.78. The molecule has 0 aliphatic heterocycles. The van der Waals surface area contributed by atoms with Crippen LogP contribution in [0.3, 0.4) is 0 Å². The predicted octanol–water partition coefficient (Wildman–Crippen LogP) is 4.88. The Kier molecular flexibility index (Phi) is 9.86. The van der Waals surface area contributed by atoms with Gasteiger partial charge in [-0.1, -0.05) is 35.9 Å². The minimum absolute atomic E-state index is 0.00784. The number of amides is 1. The number of carbonyl (C=O) groups is 1. The normalized spacial score (nSPS) is 12.1. The fourth-order valence-electron chi connectivity index (χ4n) is 3.30. The molecule has 0 saturated carbocycles. The molecule has 1 amide bonds. The molecule has 2 aromatic rings. The molecule has 5 heteroatoms. The smallest absolute Gasteiger partial charge is 0.249 e. The quantitative estimate of drug-likeness (QED) is 0.525. The summed E-state index contributed by atoms with van der Waals surface area (Å²) in [5.74, 6) is 1.37. The van der Waals surface area contributed by atoms with Crippen LogP contribution >= 0.6 is 0 Å². The number of methoxy groups -OCH3 is 1. The topological polar surface area (TPSA) is 56.8 Å². The molecule has 0 aliphatic rings. The van der Waals surface area contributed by atoms with Gasteiger partial charge in [0.25, 0.3) is 0 Å². The summed E-state index contributed by atoms with van der Waals surface area (Å²) in [6.45, 7) is 10.5. The first-order valence-corrected chi connectivity index (χ1v) is 11.1. The van der Waals surface area contributed by atoms with E-state index in [4.69, 9.17) is 14.2 Å². The van der Waals surface area contributed by atoms with Crippen LogP contribution in [0.25, 0.3) is 0 Å². The molecule has 0 aromatic heterocycles. The van der Waals surface area contributed by atoms with E-state index in [1.165, 1.54) is 11.1 Å². The largest absolute Gasteiger partial charge is 0.493 e. The zero-order chi connectivity index (χ0) is 22.8. The first-order valence-electron chi connectivity index (χ1n) is 11.1. The molecule has 0 radical (unpaired) electrons. The Balaban J connectivity index is 1.90. The molecule has 2 rings (SSSR count). The molecule has 0 fully saturated rings. The molecular weight excluding hydrogens is 390 g/mol. The highest BCUT2D eigenvalue weighted by molar-refractivity contribution is 5.80. The van der Waals surface area contributed by atoms with E-state index in [0.717, 1.165) is 17.7 Å². The van der Waals surface area contributed by atoms with Crippen LogP contribution in [-0.4, -0.2) is 37.9 Å². The Labute approximate surface area is 187 Å². The van der Waals surface area contributed by atoms with Crippen molar-refractivity contribution in [1.82, 2.24) is 5.32 Å². The third kappa shape index (κ3) is 8.62. The van der Waals surface area contributed by atoms with Crippen LogP contribution < -0.4 is 14.8 Å². The second-order valence-corrected chi connectivity index (χ2v) is 8.39. The summed E-state index contributed by atoms with van der Waals surface area (Å²) in [4.78, 5) is 12.8. The number of ether oxygens (including phenoxy) is 3. The van der Waals surface area contributed by atoms with Gasteiger partial charge in [0.05, 0.1) is 19.3 Å². The Hall–Kier alpha value is -2.53. The summed E-state index contributed by atoms with van der Waals surface area (Å²) in [5, 5.41) is 3.03. The van der Waals surface area contributed by atoms with Crippen molar-refractivity contribution < 1.29 is 19.0 Å². The van der Waals surface area contributed by atoms with Crippen molar-refractivity contribution in [2.75, 3.05) is 13.7 Å². The van der Waals surface area contributed by atoms with Gasteiger partial charge in [-0.15, -0.1) is 0 Å². The minimum Gasteiger partial charge on any atom is -0.493 e. The van der Waals surface area contributed by atoms with Crippen LogP contribution in [0.4, 0.5) is 0 Å². The number of benzene rings is 2.